The molecule has 1 heterocycles. The van der Waals surface area contributed by atoms with Gasteiger partial charge in [-0.3, -0.25) is 9.59 Å². The lowest BCUT2D eigenvalue weighted by molar-refractivity contribution is -0.154. The molecule has 0 aliphatic rings. The molecule has 1 aromatic heterocycles. The average molecular weight is 426 g/mol. The number of halogens is 3. The van der Waals surface area contributed by atoms with Crippen LogP contribution in [-0.4, -0.2) is 29.6 Å². The zero-order valence-electron chi connectivity index (χ0n) is 16.9. The molecule has 1 aromatic rings. The number of nitrogens with zero attached hydrogens (tertiary/aromatic N) is 1. The second-order valence-electron chi connectivity index (χ2n) is 6.69. The van der Waals surface area contributed by atoms with Crippen molar-refractivity contribution in [2.24, 2.45) is 11.7 Å². The highest BCUT2D eigenvalue weighted by atomic mass is 19.4. The number of allylic oxidation sites excluding steroid dienone is 1. The van der Waals surface area contributed by atoms with Crippen molar-refractivity contribution < 1.29 is 27.5 Å². The minimum Gasteiger partial charge on any atom is -0.468 e. The van der Waals surface area contributed by atoms with Crippen molar-refractivity contribution in [3.05, 3.63) is 60.1 Å². The van der Waals surface area contributed by atoms with Gasteiger partial charge < -0.3 is 21.1 Å². The summed E-state index contributed by atoms with van der Waals surface area (Å²) in [5.41, 5.74) is 6.53. The van der Waals surface area contributed by atoms with Crippen LogP contribution < -0.4 is 21.1 Å². The van der Waals surface area contributed by atoms with E-state index in [1.807, 2.05) is 13.8 Å². The molecule has 0 aliphatic carbocycles. The molecule has 30 heavy (non-hydrogen) atoms. The molecule has 10 heteroatoms. The fourth-order valence-electron chi connectivity index (χ4n) is 2.20. The molecule has 0 spiro atoms. The van der Waals surface area contributed by atoms with E-state index in [4.69, 9.17) is 5.73 Å². The van der Waals surface area contributed by atoms with Gasteiger partial charge >= 0.3 is 6.18 Å². The number of carbonyl (C=O) groups excluding carboxylic acids is 2. The third-order valence-corrected chi connectivity index (χ3v) is 3.53. The van der Waals surface area contributed by atoms with Crippen LogP contribution in [0.3, 0.4) is 0 Å². The summed E-state index contributed by atoms with van der Waals surface area (Å²) in [6.45, 7) is 7.30. The van der Waals surface area contributed by atoms with Gasteiger partial charge in [-0.2, -0.15) is 13.2 Å². The smallest absolute Gasteiger partial charge is 0.422 e. The SMILES string of the molecule is C=CC(=O)N/C(N)=C/C(=C\C(C)C)C(=O)NC(C)c1ccc(OCC(F)(F)F)nc1. The van der Waals surface area contributed by atoms with E-state index in [0.717, 1.165) is 6.08 Å². The van der Waals surface area contributed by atoms with Gasteiger partial charge in [-0.15, -0.1) is 0 Å². The maximum absolute atomic E-state index is 12.7. The summed E-state index contributed by atoms with van der Waals surface area (Å²) in [5, 5.41) is 5.11. The maximum atomic E-state index is 12.7. The van der Waals surface area contributed by atoms with Crippen LogP contribution in [-0.2, 0) is 9.59 Å². The van der Waals surface area contributed by atoms with Gasteiger partial charge in [0.1, 0.15) is 5.82 Å². The average Bonchev–Trinajstić information content (AvgIpc) is 2.65. The van der Waals surface area contributed by atoms with E-state index < -0.39 is 30.6 Å². The fourth-order valence-corrected chi connectivity index (χ4v) is 2.20. The third-order valence-electron chi connectivity index (χ3n) is 3.53. The highest BCUT2D eigenvalue weighted by Gasteiger charge is 2.28. The second-order valence-corrected chi connectivity index (χ2v) is 6.69. The van der Waals surface area contributed by atoms with Crippen LogP contribution in [0.1, 0.15) is 32.4 Å². The molecule has 0 aliphatic heterocycles. The molecule has 1 atom stereocenters. The summed E-state index contributed by atoms with van der Waals surface area (Å²) >= 11 is 0. The maximum Gasteiger partial charge on any atom is 0.422 e. The first-order chi connectivity index (χ1) is 13.9. The molecule has 0 radical (unpaired) electrons. The number of amides is 2. The topological polar surface area (TPSA) is 106 Å². The molecule has 7 nitrogen and oxygen atoms in total. The molecule has 1 unspecified atom stereocenters. The predicted molar refractivity (Wildman–Crippen MR) is 106 cm³/mol. The molecule has 2 amide bonds. The Labute approximate surface area is 172 Å². The second kappa shape index (κ2) is 11.0. The van der Waals surface area contributed by atoms with Gasteiger partial charge in [0.05, 0.1) is 6.04 Å². The number of nitrogens with one attached hydrogen (secondary N) is 2. The number of hydrogen-bond donors (Lipinski definition) is 3. The number of nitrogens with two attached hydrogens (primary N) is 1. The van der Waals surface area contributed by atoms with Gasteiger partial charge in [0.2, 0.25) is 11.8 Å². The Kier molecular flexibility index (Phi) is 9.10. The molecular formula is C20H25F3N4O3. The van der Waals surface area contributed by atoms with Crippen LogP contribution >= 0.6 is 0 Å². The van der Waals surface area contributed by atoms with E-state index >= 15 is 0 Å². The van der Waals surface area contributed by atoms with Crippen molar-refractivity contribution in [3.63, 3.8) is 0 Å². The lowest BCUT2D eigenvalue weighted by atomic mass is 10.1. The summed E-state index contributed by atoms with van der Waals surface area (Å²) in [4.78, 5) is 27.8. The van der Waals surface area contributed by atoms with Crippen LogP contribution in [0, 0.1) is 5.92 Å². The first kappa shape index (κ1) is 24.7. The number of aromatic nitrogens is 1. The molecule has 0 saturated heterocycles. The quantitative estimate of drug-likeness (QED) is 0.416. The standard InChI is InChI=1S/C20H25F3N4O3/c1-5-17(28)27-16(24)9-15(8-12(2)3)19(29)26-13(4)14-6-7-18(25-10-14)30-11-20(21,22)23/h5-10,12-13H,1,11,24H2,2-4H3,(H,26,29)(H,27,28)/b15-8+,16-9+. The Morgan fingerprint density at radius 1 is 1.30 bits per heavy atom. The van der Waals surface area contributed by atoms with Crippen molar-refractivity contribution in [2.75, 3.05) is 6.61 Å². The summed E-state index contributed by atoms with van der Waals surface area (Å²) in [6.07, 6.45) is 0.902. The highest BCUT2D eigenvalue weighted by molar-refractivity contribution is 5.97. The Balaban J connectivity index is 2.87. The zero-order chi connectivity index (χ0) is 22.9. The predicted octanol–water partition coefficient (Wildman–Crippen LogP) is 2.88. The Morgan fingerprint density at radius 3 is 2.47 bits per heavy atom. The lowest BCUT2D eigenvalue weighted by Gasteiger charge is -2.16. The Bertz CT molecular complexity index is 816. The van der Waals surface area contributed by atoms with Gasteiger partial charge in [-0.1, -0.05) is 32.6 Å². The van der Waals surface area contributed by atoms with Gasteiger partial charge in [-0.25, -0.2) is 4.98 Å². The van der Waals surface area contributed by atoms with Crippen LogP contribution in [0.15, 0.2) is 54.5 Å². The fraction of sp³-hybridized carbons (Fsp3) is 0.350. The minimum absolute atomic E-state index is 0.0203. The monoisotopic (exact) mass is 426 g/mol. The van der Waals surface area contributed by atoms with Crippen LogP contribution in [0.2, 0.25) is 0 Å². The molecule has 0 fully saturated rings. The van der Waals surface area contributed by atoms with Gasteiger partial charge in [-0.05, 0) is 30.6 Å². The van der Waals surface area contributed by atoms with Crippen molar-refractivity contribution in [2.45, 2.75) is 33.0 Å². The first-order valence-electron chi connectivity index (χ1n) is 9.00. The van der Waals surface area contributed by atoms with E-state index in [9.17, 15) is 22.8 Å². The molecule has 0 bridgehead atoms. The van der Waals surface area contributed by atoms with Gasteiger partial charge in [0.15, 0.2) is 6.61 Å². The van der Waals surface area contributed by atoms with E-state index in [1.165, 1.54) is 24.4 Å². The number of rotatable bonds is 9. The van der Waals surface area contributed by atoms with E-state index in [0.29, 0.717) is 5.56 Å². The number of carbonyl (C=O) groups is 2. The minimum atomic E-state index is -4.46. The Hall–Kier alpha value is -3.30. The van der Waals surface area contributed by atoms with E-state index in [-0.39, 0.29) is 23.2 Å². The summed E-state index contributed by atoms with van der Waals surface area (Å²) in [5.74, 6) is -1.15. The number of hydrogen-bond acceptors (Lipinski definition) is 5. The van der Waals surface area contributed by atoms with Gasteiger partial charge in [0.25, 0.3) is 5.91 Å². The number of ether oxygens (including phenoxy) is 1. The van der Waals surface area contributed by atoms with E-state index in [1.54, 1.807) is 13.0 Å². The third kappa shape index (κ3) is 9.26. The number of alkyl halides is 3. The summed E-state index contributed by atoms with van der Waals surface area (Å²) < 4.78 is 41.1. The zero-order valence-corrected chi connectivity index (χ0v) is 16.9. The van der Waals surface area contributed by atoms with Crippen molar-refractivity contribution in [1.82, 2.24) is 15.6 Å². The van der Waals surface area contributed by atoms with Crippen molar-refractivity contribution in [3.8, 4) is 5.88 Å². The molecular weight excluding hydrogens is 401 g/mol. The molecule has 4 N–H and O–H groups in total. The van der Waals surface area contributed by atoms with Crippen molar-refractivity contribution in [1.29, 1.82) is 0 Å². The summed E-state index contributed by atoms with van der Waals surface area (Å²) in [6, 6.07) is 2.29. The van der Waals surface area contributed by atoms with Crippen LogP contribution in [0.25, 0.3) is 0 Å². The highest BCUT2D eigenvalue weighted by Crippen LogP contribution is 2.19. The van der Waals surface area contributed by atoms with Crippen molar-refractivity contribution >= 4 is 11.8 Å². The normalized spacial score (nSPS) is 13.6. The molecule has 0 aromatic carbocycles. The Morgan fingerprint density at radius 2 is 1.97 bits per heavy atom. The molecule has 164 valence electrons. The van der Waals surface area contributed by atoms with Crippen LogP contribution in [0.5, 0.6) is 5.88 Å². The molecule has 0 saturated carbocycles. The lowest BCUT2D eigenvalue weighted by Crippen LogP contribution is -2.30. The molecule has 1 rings (SSSR count). The van der Waals surface area contributed by atoms with Crippen LogP contribution in [0.4, 0.5) is 13.2 Å². The largest absolute Gasteiger partial charge is 0.468 e. The van der Waals surface area contributed by atoms with Gasteiger partial charge in [0, 0.05) is 17.8 Å². The number of pyridine rings is 1. The first-order valence-corrected chi connectivity index (χ1v) is 9.00. The summed E-state index contributed by atoms with van der Waals surface area (Å²) in [7, 11) is 0. The van der Waals surface area contributed by atoms with E-state index in [2.05, 4.69) is 26.9 Å².